The van der Waals surface area contributed by atoms with Crippen molar-refractivity contribution >= 4 is 17.7 Å². The summed E-state index contributed by atoms with van der Waals surface area (Å²) in [6.07, 6.45) is 3.57. The third-order valence-electron chi connectivity index (χ3n) is 2.37. The van der Waals surface area contributed by atoms with Gasteiger partial charge in [-0.25, -0.2) is 0 Å². The summed E-state index contributed by atoms with van der Waals surface area (Å²) in [6, 6.07) is 0. The fourth-order valence-corrected chi connectivity index (χ4v) is 1.90. The van der Waals surface area contributed by atoms with E-state index in [4.69, 9.17) is 5.73 Å². The van der Waals surface area contributed by atoms with E-state index in [1.165, 1.54) is 0 Å². The first-order valence-corrected chi connectivity index (χ1v) is 6.95. The molecule has 1 amide bonds. The predicted octanol–water partition coefficient (Wildman–Crippen LogP) is 1.48. The number of amides is 1. The van der Waals surface area contributed by atoms with Crippen LogP contribution in [-0.4, -0.2) is 31.0 Å². The molecule has 0 aliphatic rings. The SMILES string of the molecule is CSCC(C)CNC(=O)CCC(C)CN. The molecular formula is C11H24N2OS. The Morgan fingerprint density at radius 3 is 2.60 bits per heavy atom. The molecule has 0 bridgehead atoms. The molecule has 0 aliphatic heterocycles. The minimum Gasteiger partial charge on any atom is -0.356 e. The van der Waals surface area contributed by atoms with Crippen molar-refractivity contribution in [2.45, 2.75) is 26.7 Å². The monoisotopic (exact) mass is 232 g/mol. The number of nitrogens with one attached hydrogen (secondary N) is 1. The van der Waals surface area contributed by atoms with Crippen LogP contribution in [0.5, 0.6) is 0 Å². The van der Waals surface area contributed by atoms with E-state index in [9.17, 15) is 4.79 Å². The molecule has 0 radical (unpaired) electrons. The van der Waals surface area contributed by atoms with Crippen molar-refractivity contribution in [3.8, 4) is 0 Å². The molecule has 0 saturated carbocycles. The van der Waals surface area contributed by atoms with E-state index in [0.29, 0.717) is 24.8 Å². The Morgan fingerprint density at radius 2 is 2.07 bits per heavy atom. The van der Waals surface area contributed by atoms with Crippen LogP contribution in [0.2, 0.25) is 0 Å². The summed E-state index contributed by atoms with van der Waals surface area (Å²) in [7, 11) is 0. The molecule has 0 fully saturated rings. The summed E-state index contributed by atoms with van der Waals surface area (Å²) >= 11 is 1.82. The van der Waals surface area contributed by atoms with Gasteiger partial charge in [0.1, 0.15) is 0 Å². The Hall–Kier alpha value is -0.220. The van der Waals surface area contributed by atoms with Gasteiger partial charge in [0.2, 0.25) is 5.91 Å². The van der Waals surface area contributed by atoms with Crippen LogP contribution < -0.4 is 11.1 Å². The average molecular weight is 232 g/mol. The molecule has 15 heavy (non-hydrogen) atoms. The average Bonchev–Trinajstić information content (AvgIpc) is 2.23. The van der Waals surface area contributed by atoms with Crippen LogP contribution in [0.15, 0.2) is 0 Å². The molecule has 3 N–H and O–H groups in total. The van der Waals surface area contributed by atoms with Gasteiger partial charge in [0.25, 0.3) is 0 Å². The molecule has 3 nitrogen and oxygen atoms in total. The summed E-state index contributed by atoms with van der Waals surface area (Å²) in [6.45, 7) is 5.68. The minimum atomic E-state index is 0.156. The molecular weight excluding hydrogens is 208 g/mol. The highest BCUT2D eigenvalue weighted by atomic mass is 32.2. The van der Waals surface area contributed by atoms with Crippen molar-refractivity contribution in [2.75, 3.05) is 25.1 Å². The first-order chi connectivity index (χ1) is 7.10. The van der Waals surface area contributed by atoms with Gasteiger partial charge in [0.05, 0.1) is 0 Å². The normalized spacial score (nSPS) is 14.7. The molecule has 2 unspecified atom stereocenters. The zero-order chi connectivity index (χ0) is 11.7. The van der Waals surface area contributed by atoms with Gasteiger partial charge < -0.3 is 11.1 Å². The Balaban J connectivity index is 3.48. The third kappa shape index (κ3) is 8.75. The maximum atomic E-state index is 11.4. The highest BCUT2D eigenvalue weighted by Gasteiger charge is 2.07. The minimum absolute atomic E-state index is 0.156. The van der Waals surface area contributed by atoms with E-state index < -0.39 is 0 Å². The van der Waals surface area contributed by atoms with Gasteiger partial charge in [-0.3, -0.25) is 4.79 Å². The standard InChI is InChI=1S/C11H24N2OS/c1-9(6-12)4-5-11(14)13-7-10(2)8-15-3/h9-10H,4-8,12H2,1-3H3,(H,13,14). The smallest absolute Gasteiger partial charge is 0.220 e. The van der Waals surface area contributed by atoms with Gasteiger partial charge in [0.15, 0.2) is 0 Å². The van der Waals surface area contributed by atoms with E-state index in [-0.39, 0.29) is 5.91 Å². The molecule has 0 heterocycles. The zero-order valence-electron chi connectivity index (χ0n) is 10.1. The summed E-state index contributed by atoms with van der Waals surface area (Å²) in [5, 5.41) is 2.95. The number of nitrogens with two attached hydrogens (primary N) is 1. The summed E-state index contributed by atoms with van der Waals surface area (Å²) in [5.74, 6) is 2.25. The largest absolute Gasteiger partial charge is 0.356 e. The van der Waals surface area contributed by atoms with Crippen molar-refractivity contribution in [3.63, 3.8) is 0 Å². The second-order valence-corrected chi connectivity index (χ2v) is 5.15. The highest BCUT2D eigenvalue weighted by molar-refractivity contribution is 7.98. The third-order valence-corrected chi connectivity index (χ3v) is 3.27. The predicted molar refractivity (Wildman–Crippen MR) is 68.0 cm³/mol. The van der Waals surface area contributed by atoms with Crippen LogP contribution >= 0.6 is 11.8 Å². The van der Waals surface area contributed by atoms with Crippen LogP contribution in [0.1, 0.15) is 26.7 Å². The fourth-order valence-electron chi connectivity index (χ4n) is 1.22. The molecule has 0 saturated heterocycles. The van der Waals surface area contributed by atoms with Crippen molar-refractivity contribution in [2.24, 2.45) is 17.6 Å². The van der Waals surface area contributed by atoms with Crippen LogP contribution in [-0.2, 0) is 4.79 Å². The summed E-state index contributed by atoms with van der Waals surface area (Å²) in [4.78, 5) is 11.4. The van der Waals surface area contributed by atoms with Gasteiger partial charge in [-0.15, -0.1) is 0 Å². The van der Waals surface area contributed by atoms with E-state index >= 15 is 0 Å². The maximum absolute atomic E-state index is 11.4. The van der Waals surface area contributed by atoms with E-state index in [1.807, 2.05) is 11.8 Å². The molecule has 0 rings (SSSR count). The van der Waals surface area contributed by atoms with Crippen LogP contribution in [0.4, 0.5) is 0 Å². The van der Waals surface area contributed by atoms with Crippen LogP contribution in [0.25, 0.3) is 0 Å². The lowest BCUT2D eigenvalue weighted by Crippen LogP contribution is -2.29. The molecule has 0 spiro atoms. The lowest BCUT2D eigenvalue weighted by Gasteiger charge is -2.12. The number of hydrogen-bond donors (Lipinski definition) is 2. The molecule has 2 atom stereocenters. The lowest BCUT2D eigenvalue weighted by molar-refractivity contribution is -0.121. The Labute approximate surface area is 97.6 Å². The molecule has 0 aromatic carbocycles. The van der Waals surface area contributed by atoms with Gasteiger partial charge in [-0.1, -0.05) is 13.8 Å². The first-order valence-electron chi connectivity index (χ1n) is 5.55. The fraction of sp³-hybridized carbons (Fsp3) is 0.909. The van der Waals surface area contributed by atoms with Gasteiger partial charge in [0, 0.05) is 13.0 Å². The maximum Gasteiger partial charge on any atom is 0.220 e. The molecule has 0 aromatic rings. The summed E-state index contributed by atoms with van der Waals surface area (Å²) < 4.78 is 0. The second kappa shape index (κ2) is 9.04. The Bertz CT molecular complexity index is 176. The number of carbonyl (C=O) groups is 1. The summed E-state index contributed by atoms with van der Waals surface area (Å²) in [5.41, 5.74) is 5.49. The van der Waals surface area contributed by atoms with Crippen molar-refractivity contribution in [1.29, 1.82) is 0 Å². The van der Waals surface area contributed by atoms with E-state index in [2.05, 4.69) is 25.4 Å². The van der Waals surface area contributed by atoms with Gasteiger partial charge in [-0.2, -0.15) is 11.8 Å². The van der Waals surface area contributed by atoms with Gasteiger partial charge in [-0.05, 0) is 36.8 Å². The number of hydrogen-bond acceptors (Lipinski definition) is 3. The number of rotatable bonds is 8. The second-order valence-electron chi connectivity index (χ2n) is 4.24. The topological polar surface area (TPSA) is 55.1 Å². The number of carbonyl (C=O) groups excluding carboxylic acids is 1. The van der Waals surface area contributed by atoms with Crippen molar-refractivity contribution < 1.29 is 4.79 Å². The molecule has 0 aliphatic carbocycles. The Kier molecular flexibility index (Phi) is 8.91. The van der Waals surface area contributed by atoms with Crippen molar-refractivity contribution in [1.82, 2.24) is 5.32 Å². The van der Waals surface area contributed by atoms with Crippen LogP contribution in [0.3, 0.4) is 0 Å². The molecule has 0 aromatic heterocycles. The van der Waals surface area contributed by atoms with Crippen molar-refractivity contribution in [3.05, 3.63) is 0 Å². The molecule has 90 valence electrons. The van der Waals surface area contributed by atoms with Crippen LogP contribution in [0, 0.1) is 11.8 Å². The highest BCUT2D eigenvalue weighted by Crippen LogP contribution is 2.04. The van der Waals surface area contributed by atoms with E-state index in [1.54, 1.807) is 0 Å². The quantitative estimate of drug-likeness (QED) is 0.666. The van der Waals surface area contributed by atoms with E-state index in [0.717, 1.165) is 18.7 Å². The molecule has 4 heteroatoms. The zero-order valence-corrected chi connectivity index (χ0v) is 10.9. The lowest BCUT2D eigenvalue weighted by atomic mass is 10.1. The van der Waals surface area contributed by atoms with Gasteiger partial charge >= 0.3 is 0 Å². The first kappa shape index (κ1) is 14.8. The number of thioether (sulfide) groups is 1. The Morgan fingerprint density at radius 1 is 1.40 bits per heavy atom.